The van der Waals surface area contributed by atoms with Crippen LogP contribution in [0, 0.1) is 5.92 Å². The first-order chi connectivity index (χ1) is 11.3. The highest BCUT2D eigenvalue weighted by Gasteiger charge is 2.25. The number of benzene rings is 2. The zero-order valence-corrected chi connectivity index (χ0v) is 13.4. The van der Waals surface area contributed by atoms with Crippen molar-refractivity contribution in [1.29, 1.82) is 0 Å². The number of piperidine rings is 1. The average molecular weight is 308 g/mol. The summed E-state index contributed by atoms with van der Waals surface area (Å²) < 4.78 is 0. The van der Waals surface area contributed by atoms with Gasteiger partial charge in [0.1, 0.15) is 0 Å². The first-order valence-corrected chi connectivity index (χ1v) is 8.39. The van der Waals surface area contributed by atoms with Gasteiger partial charge in [0.05, 0.1) is 5.92 Å². The average Bonchev–Trinajstić information content (AvgIpc) is 2.62. The molecule has 1 atom stereocenters. The molecule has 1 fully saturated rings. The van der Waals surface area contributed by atoms with E-state index in [4.69, 9.17) is 0 Å². The second-order valence-corrected chi connectivity index (χ2v) is 6.26. The summed E-state index contributed by atoms with van der Waals surface area (Å²) >= 11 is 0. The minimum atomic E-state index is 0.108. The lowest BCUT2D eigenvalue weighted by Gasteiger charge is -2.32. The van der Waals surface area contributed by atoms with E-state index in [0.29, 0.717) is 6.54 Å². The maximum atomic E-state index is 12.4. The molecule has 0 unspecified atom stereocenters. The smallest absolute Gasteiger partial charge is 0.224 e. The SMILES string of the molecule is O=C(NCc1ccccc1)[C@@H]1CCCN(Cc2ccccc2)C1. The van der Waals surface area contributed by atoms with Crippen LogP contribution in [0.2, 0.25) is 0 Å². The first-order valence-electron chi connectivity index (χ1n) is 8.39. The van der Waals surface area contributed by atoms with Gasteiger partial charge in [0, 0.05) is 19.6 Å². The number of hydrogen-bond acceptors (Lipinski definition) is 2. The van der Waals surface area contributed by atoms with E-state index in [2.05, 4.69) is 34.5 Å². The number of carbonyl (C=O) groups excluding carboxylic acids is 1. The second-order valence-electron chi connectivity index (χ2n) is 6.26. The second kappa shape index (κ2) is 7.93. The van der Waals surface area contributed by atoms with E-state index in [1.54, 1.807) is 0 Å². The molecule has 1 heterocycles. The monoisotopic (exact) mass is 308 g/mol. The summed E-state index contributed by atoms with van der Waals surface area (Å²) in [7, 11) is 0. The van der Waals surface area contributed by atoms with Crippen molar-refractivity contribution in [2.75, 3.05) is 13.1 Å². The molecule has 1 amide bonds. The molecule has 0 spiro atoms. The van der Waals surface area contributed by atoms with E-state index >= 15 is 0 Å². The van der Waals surface area contributed by atoms with Gasteiger partial charge in [-0.15, -0.1) is 0 Å². The Bertz CT molecular complexity index is 612. The number of nitrogens with zero attached hydrogens (tertiary/aromatic N) is 1. The van der Waals surface area contributed by atoms with Gasteiger partial charge < -0.3 is 5.32 Å². The molecule has 0 bridgehead atoms. The molecular weight excluding hydrogens is 284 g/mol. The topological polar surface area (TPSA) is 32.3 Å². The van der Waals surface area contributed by atoms with Crippen LogP contribution >= 0.6 is 0 Å². The van der Waals surface area contributed by atoms with Crippen LogP contribution in [-0.2, 0) is 17.9 Å². The molecule has 1 N–H and O–H groups in total. The summed E-state index contributed by atoms with van der Waals surface area (Å²) in [6.45, 7) is 3.49. The lowest BCUT2D eigenvalue weighted by Crippen LogP contribution is -2.42. The summed E-state index contributed by atoms with van der Waals surface area (Å²) in [5.41, 5.74) is 2.47. The van der Waals surface area contributed by atoms with Crippen LogP contribution in [0.5, 0.6) is 0 Å². The van der Waals surface area contributed by atoms with Gasteiger partial charge in [-0.3, -0.25) is 9.69 Å². The third-order valence-electron chi connectivity index (χ3n) is 4.43. The molecule has 2 aromatic rings. The van der Waals surface area contributed by atoms with Crippen molar-refractivity contribution >= 4 is 5.91 Å². The number of carbonyl (C=O) groups is 1. The van der Waals surface area contributed by atoms with Crippen molar-refractivity contribution in [3.63, 3.8) is 0 Å². The number of likely N-dealkylation sites (tertiary alicyclic amines) is 1. The molecule has 3 nitrogen and oxygen atoms in total. The Labute approximate surface area is 138 Å². The van der Waals surface area contributed by atoms with Crippen molar-refractivity contribution in [2.24, 2.45) is 5.92 Å². The maximum absolute atomic E-state index is 12.4. The largest absolute Gasteiger partial charge is 0.352 e. The van der Waals surface area contributed by atoms with Crippen molar-refractivity contribution in [3.8, 4) is 0 Å². The number of hydrogen-bond donors (Lipinski definition) is 1. The van der Waals surface area contributed by atoms with Gasteiger partial charge >= 0.3 is 0 Å². The zero-order valence-electron chi connectivity index (χ0n) is 13.4. The summed E-state index contributed by atoms with van der Waals surface area (Å²) in [5, 5.41) is 3.09. The van der Waals surface area contributed by atoms with Crippen molar-refractivity contribution in [2.45, 2.75) is 25.9 Å². The highest BCUT2D eigenvalue weighted by atomic mass is 16.1. The number of rotatable bonds is 5. The van der Waals surface area contributed by atoms with E-state index in [9.17, 15) is 4.79 Å². The molecule has 23 heavy (non-hydrogen) atoms. The summed E-state index contributed by atoms with van der Waals surface area (Å²) in [6.07, 6.45) is 2.09. The molecule has 0 saturated carbocycles. The fourth-order valence-corrected chi connectivity index (χ4v) is 3.18. The molecule has 2 aromatic carbocycles. The van der Waals surface area contributed by atoms with Gasteiger partial charge in [-0.2, -0.15) is 0 Å². The Balaban J connectivity index is 1.50. The minimum Gasteiger partial charge on any atom is -0.352 e. The predicted octanol–water partition coefficient (Wildman–Crippen LogP) is 3.22. The summed E-state index contributed by atoms with van der Waals surface area (Å²) in [5.74, 6) is 0.294. The zero-order chi connectivity index (χ0) is 15.9. The molecule has 1 aliphatic rings. The molecular formula is C20H24N2O. The number of amides is 1. The van der Waals surface area contributed by atoms with Crippen LogP contribution in [0.3, 0.4) is 0 Å². The third kappa shape index (κ3) is 4.67. The maximum Gasteiger partial charge on any atom is 0.224 e. The Morgan fingerprint density at radius 1 is 1.00 bits per heavy atom. The fraction of sp³-hybridized carbons (Fsp3) is 0.350. The molecule has 3 rings (SSSR count). The Kier molecular flexibility index (Phi) is 5.43. The predicted molar refractivity (Wildman–Crippen MR) is 92.7 cm³/mol. The van der Waals surface area contributed by atoms with Gasteiger partial charge in [0.25, 0.3) is 0 Å². The Hall–Kier alpha value is -2.13. The number of nitrogens with one attached hydrogen (secondary N) is 1. The Morgan fingerprint density at radius 2 is 1.65 bits per heavy atom. The van der Waals surface area contributed by atoms with E-state index in [1.807, 2.05) is 36.4 Å². The summed E-state index contributed by atoms with van der Waals surface area (Å²) in [6, 6.07) is 20.6. The Morgan fingerprint density at radius 3 is 2.35 bits per heavy atom. The molecule has 1 saturated heterocycles. The van der Waals surface area contributed by atoms with Crippen molar-refractivity contribution < 1.29 is 4.79 Å². The lowest BCUT2D eigenvalue weighted by molar-refractivity contribution is -0.126. The van der Waals surface area contributed by atoms with Crippen LogP contribution in [0.15, 0.2) is 60.7 Å². The highest BCUT2D eigenvalue weighted by molar-refractivity contribution is 5.78. The molecule has 0 radical (unpaired) electrons. The van der Waals surface area contributed by atoms with Crippen molar-refractivity contribution in [3.05, 3.63) is 71.8 Å². The summed E-state index contributed by atoms with van der Waals surface area (Å²) in [4.78, 5) is 14.8. The van der Waals surface area contributed by atoms with E-state index in [-0.39, 0.29) is 11.8 Å². The fourth-order valence-electron chi connectivity index (χ4n) is 3.18. The van der Waals surface area contributed by atoms with Gasteiger partial charge in [-0.25, -0.2) is 0 Å². The van der Waals surface area contributed by atoms with Crippen molar-refractivity contribution in [1.82, 2.24) is 10.2 Å². The van der Waals surface area contributed by atoms with E-state index in [1.165, 1.54) is 5.56 Å². The molecule has 0 aliphatic carbocycles. The van der Waals surface area contributed by atoms with E-state index < -0.39 is 0 Å². The van der Waals surface area contributed by atoms with Crippen LogP contribution in [0.25, 0.3) is 0 Å². The van der Waals surface area contributed by atoms with Crippen LogP contribution in [-0.4, -0.2) is 23.9 Å². The quantitative estimate of drug-likeness (QED) is 0.920. The van der Waals surface area contributed by atoms with Crippen LogP contribution in [0.1, 0.15) is 24.0 Å². The standard InChI is InChI=1S/C20H24N2O/c23-20(21-14-17-8-3-1-4-9-17)19-12-7-13-22(16-19)15-18-10-5-2-6-11-18/h1-6,8-11,19H,7,12-16H2,(H,21,23)/t19-/m1/s1. The molecule has 1 aliphatic heterocycles. The third-order valence-corrected chi connectivity index (χ3v) is 4.43. The van der Waals surface area contributed by atoms with Gasteiger partial charge in [0.2, 0.25) is 5.91 Å². The molecule has 120 valence electrons. The van der Waals surface area contributed by atoms with E-state index in [0.717, 1.165) is 38.0 Å². The van der Waals surface area contributed by atoms with Crippen LogP contribution < -0.4 is 5.32 Å². The first kappa shape index (κ1) is 15.8. The van der Waals surface area contributed by atoms with Gasteiger partial charge in [-0.05, 0) is 30.5 Å². The van der Waals surface area contributed by atoms with Gasteiger partial charge in [0.15, 0.2) is 0 Å². The highest BCUT2D eigenvalue weighted by Crippen LogP contribution is 2.19. The lowest BCUT2D eigenvalue weighted by atomic mass is 9.96. The molecule has 3 heteroatoms. The minimum absolute atomic E-state index is 0.108. The van der Waals surface area contributed by atoms with Gasteiger partial charge in [-0.1, -0.05) is 60.7 Å². The van der Waals surface area contributed by atoms with Crippen LogP contribution in [0.4, 0.5) is 0 Å². The normalized spacial score (nSPS) is 18.5. The molecule has 0 aromatic heterocycles.